The summed E-state index contributed by atoms with van der Waals surface area (Å²) in [4.78, 5) is 19.8. The van der Waals surface area contributed by atoms with E-state index in [0.717, 1.165) is 11.1 Å². The van der Waals surface area contributed by atoms with Gasteiger partial charge in [-0.1, -0.05) is 29.8 Å². The highest BCUT2D eigenvalue weighted by atomic mass is 16.3. The molecular weight excluding hydrogens is 254 g/mol. The maximum Gasteiger partial charge on any atom is 0.270 e. The fourth-order valence-corrected chi connectivity index (χ4v) is 1.77. The fraction of sp³-hybridized carbons (Fsp3) is 0.267. The molecule has 0 radical (unpaired) electrons. The monoisotopic (exact) mass is 271 g/mol. The lowest BCUT2D eigenvalue weighted by Gasteiger charge is -2.12. The highest BCUT2D eigenvalue weighted by Crippen LogP contribution is 2.12. The van der Waals surface area contributed by atoms with Crippen molar-refractivity contribution in [2.24, 2.45) is 0 Å². The summed E-state index contributed by atoms with van der Waals surface area (Å²) in [7, 11) is 0. The Labute approximate surface area is 117 Å². The summed E-state index contributed by atoms with van der Waals surface area (Å²) in [6.07, 6.45) is 0.802. The quantitative estimate of drug-likeness (QED) is 0.885. The van der Waals surface area contributed by atoms with Crippen LogP contribution in [0.25, 0.3) is 0 Å². The second-order valence-corrected chi connectivity index (χ2v) is 4.63. The molecular formula is C15H17N3O2. The average molecular weight is 271 g/mol. The molecule has 1 atom stereocenters. The highest BCUT2D eigenvalue weighted by Gasteiger charge is 2.11. The Hall–Kier alpha value is -2.27. The van der Waals surface area contributed by atoms with E-state index < -0.39 is 6.10 Å². The Bertz CT molecular complexity index is 596. The summed E-state index contributed by atoms with van der Waals surface area (Å²) < 4.78 is 0. The van der Waals surface area contributed by atoms with Gasteiger partial charge in [0.15, 0.2) is 0 Å². The van der Waals surface area contributed by atoms with Crippen molar-refractivity contribution in [3.63, 3.8) is 0 Å². The molecule has 0 saturated heterocycles. The number of aromatic nitrogens is 2. The zero-order valence-corrected chi connectivity index (χ0v) is 11.5. The number of hydrogen-bond donors (Lipinski definition) is 2. The normalized spacial score (nSPS) is 11.9. The average Bonchev–Trinajstić information content (AvgIpc) is 2.45. The molecule has 1 aromatic carbocycles. The second kappa shape index (κ2) is 6.25. The van der Waals surface area contributed by atoms with Crippen molar-refractivity contribution < 1.29 is 9.90 Å². The van der Waals surface area contributed by atoms with Crippen molar-refractivity contribution in [3.8, 4) is 0 Å². The number of hydrogen-bond acceptors (Lipinski definition) is 4. The predicted octanol–water partition coefficient (Wildman–Crippen LogP) is 1.56. The minimum absolute atomic E-state index is 0.144. The molecule has 5 heteroatoms. The smallest absolute Gasteiger partial charge is 0.270 e. The van der Waals surface area contributed by atoms with Crippen LogP contribution in [-0.2, 0) is 0 Å². The molecule has 2 aromatic rings. The van der Waals surface area contributed by atoms with Crippen molar-refractivity contribution in [1.82, 2.24) is 15.3 Å². The van der Waals surface area contributed by atoms with E-state index >= 15 is 0 Å². The first-order valence-electron chi connectivity index (χ1n) is 6.39. The van der Waals surface area contributed by atoms with Gasteiger partial charge in [-0.25, -0.2) is 9.97 Å². The van der Waals surface area contributed by atoms with E-state index in [9.17, 15) is 9.90 Å². The van der Waals surface area contributed by atoms with Crippen LogP contribution in [0.2, 0.25) is 0 Å². The third-order valence-electron chi connectivity index (χ3n) is 2.93. The molecule has 2 N–H and O–H groups in total. The van der Waals surface area contributed by atoms with Crippen molar-refractivity contribution in [2.75, 3.05) is 6.54 Å². The van der Waals surface area contributed by atoms with Crippen LogP contribution in [0.4, 0.5) is 0 Å². The summed E-state index contributed by atoms with van der Waals surface area (Å²) in [5.41, 5.74) is 2.20. The van der Waals surface area contributed by atoms with Gasteiger partial charge < -0.3 is 10.4 Å². The Morgan fingerprint density at radius 3 is 2.60 bits per heavy atom. The van der Waals surface area contributed by atoms with Gasteiger partial charge in [0, 0.05) is 12.7 Å². The molecule has 0 unspecified atom stereocenters. The Morgan fingerprint density at radius 2 is 1.95 bits per heavy atom. The van der Waals surface area contributed by atoms with E-state index in [1.54, 1.807) is 13.0 Å². The predicted molar refractivity (Wildman–Crippen MR) is 75.2 cm³/mol. The molecule has 0 saturated carbocycles. The summed E-state index contributed by atoms with van der Waals surface area (Å²) in [6, 6.07) is 9.09. The number of aliphatic hydroxyl groups excluding tert-OH is 1. The number of amides is 1. The lowest BCUT2D eigenvalue weighted by atomic mass is 10.1. The summed E-state index contributed by atoms with van der Waals surface area (Å²) in [5.74, 6) is 0.221. The van der Waals surface area contributed by atoms with Crippen molar-refractivity contribution in [1.29, 1.82) is 0 Å². The van der Waals surface area contributed by atoms with Gasteiger partial charge in [-0.15, -0.1) is 0 Å². The van der Waals surface area contributed by atoms with Gasteiger partial charge in [0.05, 0.1) is 6.10 Å². The number of nitrogens with one attached hydrogen (secondary N) is 1. The zero-order chi connectivity index (χ0) is 14.5. The molecule has 1 amide bonds. The molecule has 2 rings (SSSR count). The molecule has 0 spiro atoms. The lowest BCUT2D eigenvalue weighted by Crippen LogP contribution is -2.29. The van der Waals surface area contributed by atoms with Crippen LogP contribution in [0.1, 0.15) is 33.5 Å². The maximum atomic E-state index is 11.9. The second-order valence-electron chi connectivity index (χ2n) is 4.63. The lowest BCUT2D eigenvalue weighted by molar-refractivity contribution is 0.0911. The summed E-state index contributed by atoms with van der Waals surface area (Å²) in [6.45, 7) is 3.85. The topological polar surface area (TPSA) is 75.1 Å². The first kappa shape index (κ1) is 14.1. The van der Waals surface area contributed by atoms with Crippen LogP contribution in [0, 0.1) is 13.8 Å². The van der Waals surface area contributed by atoms with Crippen LogP contribution < -0.4 is 5.32 Å². The maximum absolute atomic E-state index is 11.9. The fourth-order valence-electron chi connectivity index (χ4n) is 1.77. The first-order valence-corrected chi connectivity index (χ1v) is 6.39. The molecule has 1 aromatic heterocycles. The van der Waals surface area contributed by atoms with Crippen LogP contribution in [0.3, 0.4) is 0 Å². The van der Waals surface area contributed by atoms with Crippen molar-refractivity contribution in [2.45, 2.75) is 20.0 Å². The van der Waals surface area contributed by atoms with Crippen molar-refractivity contribution >= 4 is 5.91 Å². The standard InChI is InChI=1S/C15H17N3O2/c1-10-3-5-12(6-4-10)14(19)9-17-15(20)13-7-8-16-11(2)18-13/h3-8,14,19H,9H2,1-2H3,(H,17,20)/t14-/m0/s1. The SMILES string of the molecule is Cc1ccc([C@@H](O)CNC(=O)c2ccnc(C)n2)cc1. The van der Waals surface area contributed by atoms with Gasteiger partial charge in [-0.05, 0) is 25.5 Å². The Balaban J connectivity index is 1.94. The summed E-state index contributed by atoms with van der Waals surface area (Å²) >= 11 is 0. The van der Waals surface area contributed by atoms with Gasteiger partial charge in [0.25, 0.3) is 5.91 Å². The molecule has 20 heavy (non-hydrogen) atoms. The Kier molecular flexibility index (Phi) is 4.42. The minimum Gasteiger partial charge on any atom is -0.387 e. The largest absolute Gasteiger partial charge is 0.387 e. The number of rotatable bonds is 4. The number of aryl methyl sites for hydroxylation is 2. The number of benzene rings is 1. The van der Waals surface area contributed by atoms with E-state index in [1.807, 2.05) is 31.2 Å². The Morgan fingerprint density at radius 1 is 1.25 bits per heavy atom. The molecule has 0 bridgehead atoms. The molecule has 0 fully saturated rings. The third-order valence-corrected chi connectivity index (χ3v) is 2.93. The van der Waals surface area contributed by atoms with Gasteiger partial charge >= 0.3 is 0 Å². The van der Waals surface area contributed by atoms with Crippen LogP contribution in [0.15, 0.2) is 36.5 Å². The van der Waals surface area contributed by atoms with E-state index in [-0.39, 0.29) is 12.5 Å². The van der Waals surface area contributed by atoms with E-state index in [1.165, 1.54) is 6.20 Å². The van der Waals surface area contributed by atoms with Gasteiger partial charge in [0.2, 0.25) is 0 Å². The molecule has 0 aliphatic rings. The number of carbonyl (C=O) groups is 1. The molecule has 0 aliphatic carbocycles. The van der Waals surface area contributed by atoms with E-state index in [2.05, 4.69) is 15.3 Å². The highest BCUT2D eigenvalue weighted by molar-refractivity contribution is 5.92. The third kappa shape index (κ3) is 3.61. The minimum atomic E-state index is -0.734. The van der Waals surface area contributed by atoms with Gasteiger partial charge in [-0.2, -0.15) is 0 Å². The molecule has 5 nitrogen and oxygen atoms in total. The van der Waals surface area contributed by atoms with Gasteiger partial charge in [-0.3, -0.25) is 4.79 Å². The zero-order valence-electron chi connectivity index (χ0n) is 11.5. The molecule has 104 valence electrons. The molecule has 0 aliphatic heterocycles. The number of carbonyl (C=O) groups excluding carboxylic acids is 1. The van der Waals surface area contributed by atoms with Crippen molar-refractivity contribution in [3.05, 3.63) is 59.2 Å². The van der Waals surface area contributed by atoms with Gasteiger partial charge in [0.1, 0.15) is 11.5 Å². The molecule has 1 heterocycles. The van der Waals surface area contributed by atoms with E-state index in [4.69, 9.17) is 0 Å². The number of nitrogens with zero attached hydrogens (tertiary/aromatic N) is 2. The van der Waals surface area contributed by atoms with Crippen LogP contribution in [-0.4, -0.2) is 27.5 Å². The van der Waals surface area contributed by atoms with E-state index in [0.29, 0.717) is 11.5 Å². The van der Waals surface area contributed by atoms with Crippen LogP contribution >= 0.6 is 0 Å². The summed E-state index contributed by atoms with van der Waals surface area (Å²) in [5, 5.41) is 12.7. The number of aliphatic hydroxyl groups is 1. The van der Waals surface area contributed by atoms with Crippen LogP contribution in [0.5, 0.6) is 0 Å². The first-order chi connectivity index (χ1) is 9.56.